The minimum absolute atomic E-state index is 0.0758. The first-order valence-corrected chi connectivity index (χ1v) is 7.20. The van der Waals surface area contributed by atoms with E-state index in [0.29, 0.717) is 11.6 Å². The van der Waals surface area contributed by atoms with Gasteiger partial charge in [-0.05, 0) is 39.7 Å². The maximum atomic E-state index is 12.4. The number of fused-ring (bicyclic) bond motifs is 1. The van der Waals surface area contributed by atoms with E-state index in [1.54, 1.807) is 0 Å². The fraction of sp³-hybridized carbons (Fsp3) is 0.214. The van der Waals surface area contributed by atoms with Gasteiger partial charge in [0.2, 0.25) is 0 Å². The molecule has 0 radical (unpaired) electrons. The van der Waals surface area contributed by atoms with Crippen LogP contribution in [0.2, 0.25) is 5.02 Å². The molecule has 0 spiro atoms. The number of hydrogen-bond acceptors (Lipinski definition) is 1. The molecular weight excluding hydrogens is 328 g/mol. The third-order valence-electron chi connectivity index (χ3n) is 3.27. The molecular formula is C14H12BrClN2O. The van der Waals surface area contributed by atoms with Gasteiger partial charge < -0.3 is 9.47 Å². The summed E-state index contributed by atoms with van der Waals surface area (Å²) in [6, 6.07) is 9.49. The van der Waals surface area contributed by atoms with Crippen LogP contribution >= 0.6 is 27.5 Å². The molecule has 2 aromatic rings. The van der Waals surface area contributed by atoms with Gasteiger partial charge in [0.15, 0.2) is 0 Å². The van der Waals surface area contributed by atoms with Gasteiger partial charge in [0.05, 0.1) is 0 Å². The molecule has 98 valence electrons. The number of benzene rings is 1. The zero-order valence-electron chi connectivity index (χ0n) is 10.1. The molecule has 0 N–H and O–H groups in total. The van der Waals surface area contributed by atoms with Gasteiger partial charge in [0.1, 0.15) is 5.69 Å². The van der Waals surface area contributed by atoms with Crippen molar-refractivity contribution < 1.29 is 4.79 Å². The summed E-state index contributed by atoms with van der Waals surface area (Å²) in [5.41, 5.74) is 1.84. The Morgan fingerprint density at radius 3 is 2.68 bits per heavy atom. The second-order valence-electron chi connectivity index (χ2n) is 4.59. The van der Waals surface area contributed by atoms with Crippen molar-refractivity contribution in [2.45, 2.75) is 13.1 Å². The highest BCUT2D eigenvalue weighted by Crippen LogP contribution is 2.21. The number of carbonyl (C=O) groups excluding carboxylic acids is 1. The largest absolute Gasteiger partial charge is 0.341 e. The fourth-order valence-electron chi connectivity index (χ4n) is 2.29. The Morgan fingerprint density at radius 1 is 1.21 bits per heavy atom. The van der Waals surface area contributed by atoms with Crippen molar-refractivity contribution >= 4 is 33.4 Å². The van der Waals surface area contributed by atoms with Crippen LogP contribution in [0.1, 0.15) is 16.1 Å². The number of rotatable bonds is 2. The van der Waals surface area contributed by atoms with Crippen molar-refractivity contribution in [3.8, 4) is 0 Å². The summed E-state index contributed by atoms with van der Waals surface area (Å²) in [7, 11) is 0. The lowest BCUT2D eigenvalue weighted by atomic mass is 10.2. The second-order valence-corrected chi connectivity index (χ2v) is 5.94. The van der Waals surface area contributed by atoms with E-state index in [4.69, 9.17) is 11.6 Å². The summed E-state index contributed by atoms with van der Waals surface area (Å²) in [4.78, 5) is 14.2. The van der Waals surface area contributed by atoms with Crippen LogP contribution in [-0.4, -0.2) is 21.9 Å². The number of hydrogen-bond donors (Lipinski definition) is 0. The zero-order chi connectivity index (χ0) is 13.4. The van der Waals surface area contributed by atoms with Crippen molar-refractivity contribution in [3.05, 3.63) is 57.3 Å². The summed E-state index contributed by atoms with van der Waals surface area (Å²) >= 11 is 9.27. The summed E-state index contributed by atoms with van der Waals surface area (Å²) in [6.45, 7) is 2.19. The molecule has 2 heterocycles. The number of aromatic nitrogens is 1. The Kier molecular flexibility index (Phi) is 3.37. The molecule has 0 aliphatic carbocycles. The fourth-order valence-corrected chi connectivity index (χ4v) is 2.88. The van der Waals surface area contributed by atoms with Gasteiger partial charge in [0.25, 0.3) is 5.91 Å². The zero-order valence-corrected chi connectivity index (χ0v) is 12.5. The first-order valence-electron chi connectivity index (χ1n) is 6.03. The van der Waals surface area contributed by atoms with E-state index in [2.05, 4.69) is 15.9 Å². The lowest BCUT2D eigenvalue weighted by Crippen LogP contribution is -2.39. The molecule has 1 amide bonds. The predicted molar refractivity (Wildman–Crippen MR) is 78.3 cm³/mol. The third-order valence-corrected chi connectivity index (χ3v) is 3.95. The Morgan fingerprint density at radius 2 is 1.95 bits per heavy atom. The summed E-state index contributed by atoms with van der Waals surface area (Å²) < 4.78 is 2.94. The molecule has 3 nitrogen and oxygen atoms in total. The van der Waals surface area contributed by atoms with Gasteiger partial charge in [-0.15, -0.1) is 0 Å². The standard InChI is InChI=1S/C14H12BrClN2O/c15-11-7-13-14(19)18(6-5-17(13)9-11)8-10-1-3-12(16)4-2-10/h1-4,7,9H,5-6,8H2. The highest BCUT2D eigenvalue weighted by Gasteiger charge is 2.24. The van der Waals surface area contributed by atoms with Crippen LogP contribution in [0.15, 0.2) is 41.0 Å². The lowest BCUT2D eigenvalue weighted by molar-refractivity contribution is 0.0691. The molecule has 3 rings (SSSR count). The van der Waals surface area contributed by atoms with Crippen molar-refractivity contribution in [1.82, 2.24) is 9.47 Å². The molecule has 5 heteroatoms. The van der Waals surface area contributed by atoms with E-state index in [1.807, 2.05) is 46.0 Å². The first-order chi connectivity index (χ1) is 9.13. The molecule has 1 aliphatic heterocycles. The Bertz CT molecular complexity index is 621. The average molecular weight is 340 g/mol. The second kappa shape index (κ2) is 5.02. The SMILES string of the molecule is O=C1c2cc(Br)cn2CCN1Cc1ccc(Cl)cc1. The van der Waals surface area contributed by atoms with Gasteiger partial charge in [-0.3, -0.25) is 4.79 Å². The average Bonchev–Trinajstić information content (AvgIpc) is 2.77. The third kappa shape index (κ3) is 2.55. The normalized spacial score (nSPS) is 14.6. The molecule has 0 saturated carbocycles. The minimum atomic E-state index is 0.0758. The molecule has 0 fully saturated rings. The lowest BCUT2D eigenvalue weighted by Gasteiger charge is -2.28. The monoisotopic (exact) mass is 338 g/mol. The van der Waals surface area contributed by atoms with Crippen LogP contribution in [0.4, 0.5) is 0 Å². The van der Waals surface area contributed by atoms with Crippen LogP contribution in [0.5, 0.6) is 0 Å². The molecule has 19 heavy (non-hydrogen) atoms. The molecule has 0 atom stereocenters. The quantitative estimate of drug-likeness (QED) is 0.821. The Balaban J connectivity index is 1.80. The van der Waals surface area contributed by atoms with Crippen molar-refractivity contribution in [2.24, 2.45) is 0 Å². The molecule has 0 saturated heterocycles. The maximum Gasteiger partial charge on any atom is 0.270 e. The van der Waals surface area contributed by atoms with Crippen LogP contribution in [0.25, 0.3) is 0 Å². The summed E-state index contributed by atoms with van der Waals surface area (Å²) in [5, 5.41) is 0.714. The topological polar surface area (TPSA) is 25.2 Å². The van der Waals surface area contributed by atoms with Crippen molar-refractivity contribution in [2.75, 3.05) is 6.54 Å². The molecule has 0 bridgehead atoms. The van der Waals surface area contributed by atoms with E-state index in [9.17, 15) is 4.79 Å². The predicted octanol–water partition coefficient (Wildman–Crippen LogP) is 3.56. The number of carbonyl (C=O) groups is 1. The van der Waals surface area contributed by atoms with Gasteiger partial charge in [-0.2, -0.15) is 0 Å². The highest BCUT2D eigenvalue weighted by molar-refractivity contribution is 9.10. The van der Waals surface area contributed by atoms with Crippen LogP contribution in [0.3, 0.4) is 0 Å². The smallest absolute Gasteiger partial charge is 0.270 e. The molecule has 0 unspecified atom stereocenters. The van der Waals surface area contributed by atoms with Gasteiger partial charge in [-0.25, -0.2) is 0 Å². The van der Waals surface area contributed by atoms with E-state index in [1.165, 1.54) is 0 Å². The summed E-state index contributed by atoms with van der Waals surface area (Å²) in [5.74, 6) is 0.0758. The Hall–Kier alpha value is -1.26. The van der Waals surface area contributed by atoms with Crippen LogP contribution < -0.4 is 0 Å². The highest BCUT2D eigenvalue weighted by atomic mass is 79.9. The van der Waals surface area contributed by atoms with E-state index in [-0.39, 0.29) is 5.91 Å². The van der Waals surface area contributed by atoms with E-state index >= 15 is 0 Å². The molecule has 1 aliphatic rings. The van der Waals surface area contributed by atoms with E-state index < -0.39 is 0 Å². The van der Waals surface area contributed by atoms with E-state index in [0.717, 1.165) is 28.8 Å². The number of nitrogens with zero attached hydrogens (tertiary/aromatic N) is 2. The van der Waals surface area contributed by atoms with Crippen LogP contribution in [-0.2, 0) is 13.1 Å². The van der Waals surface area contributed by atoms with Gasteiger partial charge in [-0.1, -0.05) is 23.7 Å². The Labute approximate surface area is 124 Å². The van der Waals surface area contributed by atoms with Crippen molar-refractivity contribution in [1.29, 1.82) is 0 Å². The number of halogens is 2. The van der Waals surface area contributed by atoms with Crippen LogP contribution in [0, 0.1) is 0 Å². The van der Waals surface area contributed by atoms with Crippen molar-refractivity contribution in [3.63, 3.8) is 0 Å². The first kappa shape index (κ1) is 12.8. The van der Waals surface area contributed by atoms with Gasteiger partial charge >= 0.3 is 0 Å². The number of amides is 1. The molecule has 1 aromatic carbocycles. The maximum absolute atomic E-state index is 12.4. The minimum Gasteiger partial charge on any atom is -0.341 e. The van der Waals surface area contributed by atoms with Gasteiger partial charge in [0, 0.05) is 35.3 Å². The summed E-state index contributed by atoms with van der Waals surface area (Å²) in [6.07, 6.45) is 1.95. The molecule has 1 aromatic heterocycles.